The molecule has 30 heavy (non-hydrogen) atoms. The Balaban J connectivity index is 1.83. The highest BCUT2D eigenvalue weighted by Crippen LogP contribution is 2.37. The monoisotopic (exact) mass is 419 g/mol. The highest BCUT2D eigenvalue weighted by atomic mass is 32.2. The number of nitrogens with zero attached hydrogens (tertiary/aromatic N) is 1. The maximum atomic E-state index is 13.7. The maximum Gasteiger partial charge on any atom is 0.250 e. The number of hydrogen-bond donors (Lipinski definition) is 0. The third kappa shape index (κ3) is 3.62. The summed E-state index contributed by atoms with van der Waals surface area (Å²) in [5.41, 5.74) is 1.60. The third-order valence-electron chi connectivity index (χ3n) is 5.18. The lowest BCUT2D eigenvalue weighted by atomic mass is 9.90. The molecule has 0 aliphatic carbocycles. The van der Waals surface area contributed by atoms with E-state index in [0.717, 1.165) is 5.56 Å². The first kappa shape index (κ1) is 19.9. The van der Waals surface area contributed by atoms with Crippen molar-refractivity contribution in [1.82, 2.24) is 0 Å². The molecule has 0 amide bonds. The number of Topliss-reactive ketones (excluding diaryl/α,β-unsaturated/α-hetero) is 1. The molecule has 3 aromatic rings. The molecule has 0 aromatic heterocycles. The molecule has 2 atom stereocenters. The second-order valence-corrected chi connectivity index (χ2v) is 8.90. The van der Waals surface area contributed by atoms with Gasteiger partial charge in [0.25, 0.3) is 0 Å². The van der Waals surface area contributed by atoms with Crippen LogP contribution in [0, 0.1) is 0 Å². The van der Waals surface area contributed by atoms with Crippen LogP contribution in [-0.4, -0.2) is 26.6 Å². The highest BCUT2D eigenvalue weighted by Gasteiger charge is 2.45. The summed E-state index contributed by atoms with van der Waals surface area (Å²) in [4.78, 5) is 13.4. The summed E-state index contributed by atoms with van der Waals surface area (Å²) in [7, 11) is -2.48. The topological polar surface area (TPSA) is 63.7 Å². The summed E-state index contributed by atoms with van der Waals surface area (Å²) >= 11 is 0. The number of carbonyl (C=O) groups excluding carboxylic acids is 1. The molecule has 3 aromatic carbocycles. The number of carbonyl (C=O) groups is 1. The van der Waals surface area contributed by atoms with Crippen LogP contribution in [-0.2, 0) is 10.0 Å². The Bertz CT molecular complexity index is 1160. The zero-order valence-corrected chi connectivity index (χ0v) is 17.2. The van der Waals surface area contributed by atoms with Gasteiger partial charge in [0.2, 0.25) is 10.0 Å². The van der Waals surface area contributed by atoms with Gasteiger partial charge in [-0.3, -0.25) is 4.79 Å². The number of ketones is 1. The van der Waals surface area contributed by atoms with E-state index in [4.69, 9.17) is 4.74 Å². The van der Waals surface area contributed by atoms with Crippen LogP contribution in [0.3, 0.4) is 0 Å². The second-order valence-electron chi connectivity index (χ2n) is 6.97. The summed E-state index contributed by atoms with van der Waals surface area (Å²) < 4.78 is 33.7. The molecule has 0 bridgehead atoms. The Morgan fingerprint density at radius 2 is 1.47 bits per heavy atom. The lowest BCUT2D eigenvalue weighted by Gasteiger charge is -2.34. The number of hydrogen-bond acceptors (Lipinski definition) is 4. The van der Waals surface area contributed by atoms with E-state index in [-0.39, 0.29) is 0 Å². The predicted molar refractivity (Wildman–Crippen MR) is 117 cm³/mol. The number of methoxy groups -OCH3 is 1. The van der Waals surface area contributed by atoms with Crippen molar-refractivity contribution < 1.29 is 17.9 Å². The van der Waals surface area contributed by atoms with E-state index >= 15 is 0 Å². The molecule has 0 fully saturated rings. The Labute approximate surface area is 176 Å². The summed E-state index contributed by atoms with van der Waals surface area (Å²) in [5, 5.41) is -1.27. The average Bonchev–Trinajstić information content (AvgIpc) is 2.79. The largest absolute Gasteiger partial charge is 0.497 e. The molecular weight excluding hydrogens is 398 g/mol. The molecule has 1 aliphatic rings. The Morgan fingerprint density at radius 3 is 2.07 bits per heavy atom. The zero-order chi connectivity index (χ0) is 21.1. The van der Waals surface area contributed by atoms with Crippen LogP contribution in [0.25, 0.3) is 0 Å². The van der Waals surface area contributed by atoms with Crippen LogP contribution < -0.4 is 9.04 Å². The number of benzene rings is 3. The van der Waals surface area contributed by atoms with Crippen molar-refractivity contribution >= 4 is 21.5 Å². The molecule has 5 nitrogen and oxygen atoms in total. The fraction of sp³-hybridized carbons (Fsp3) is 0.125. The first-order valence-electron chi connectivity index (χ1n) is 9.52. The van der Waals surface area contributed by atoms with Crippen LogP contribution in [0.15, 0.2) is 97.2 Å². The highest BCUT2D eigenvalue weighted by molar-refractivity contribution is 7.94. The van der Waals surface area contributed by atoms with Gasteiger partial charge < -0.3 is 4.74 Å². The molecule has 0 radical (unpaired) electrons. The molecule has 0 unspecified atom stereocenters. The second kappa shape index (κ2) is 8.16. The van der Waals surface area contributed by atoms with Gasteiger partial charge in [-0.25, -0.2) is 12.7 Å². The van der Waals surface area contributed by atoms with Gasteiger partial charge in [0.15, 0.2) is 11.0 Å². The van der Waals surface area contributed by atoms with Gasteiger partial charge in [0.05, 0.1) is 12.8 Å². The van der Waals surface area contributed by atoms with Gasteiger partial charge in [-0.05, 0) is 29.8 Å². The van der Waals surface area contributed by atoms with E-state index in [1.54, 1.807) is 67.8 Å². The van der Waals surface area contributed by atoms with Gasteiger partial charge in [0, 0.05) is 17.7 Å². The fourth-order valence-electron chi connectivity index (χ4n) is 3.65. The zero-order valence-electron chi connectivity index (χ0n) is 16.4. The number of ether oxygens (including phenoxy) is 1. The van der Waals surface area contributed by atoms with Crippen molar-refractivity contribution in [2.75, 3.05) is 11.4 Å². The Morgan fingerprint density at radius 1 is 0.867 bits per heavy atom. The quantitative estimate of drug-likeness (QED) is 0.575. The van der Waals surface area contributed by atoms with E-state index in [1.165, 1.54) is 10.5 Å². The lowest BCUT2D eigenvalue weighted by molar-refractivity contribution is 0.0981. The predicted octanol–water partition coefficient (Wildman–Crippen LogP) is 4.39. The number of allylic oxidation sites excluding steroid dienone is 1. The SMILES string of the molecule is COc1ccc(N2C=C[C@H](c3ccccc3)[C@@H](C(=O)c3ccccc3)S2(=O)=O)cc1. The van der Waals surface area contributed by atoms with Crippen LogP contribution in [0.1, 0.15) is 21.8 Å². The van der Waals surface area contributed by atoms with Crippen molar-refractivity contribution in [1.29, 1.82) is 0 Å². The van der Waals surface area contributed by atoms with E-state index < -0.39 is 27.0 Å². The molecule has 6 heteroatoms. The fourth-order valence-corrected chi connectivity index (χ4v) is 5.58. The van der Waals surface area contributed by atoms with Crippen LogP contribution >= 0.6 is 0 Å². The molecule has 0 saturated heterocycles. The van der Waals surface area contributed by atoms with Crippen molar-refractivity contribution in [2.45, 2.75) is 11.2 Å². The minimum absolute atomic E-state index is 0.372. The molecule has 1 aliphatic heterocycles. The summed E-state index contributed by atoms with van der Waals surface area (Å²) in [6, 6.07) is 24.5. The lowest BCUT2D eigenvalue weighted by Crippen LogP contribution is -2.46. The Kier molecular flexibility index (Phi) is 5.42. The molecule has 0 saturated carbocycles. The van der Waals surface area contributed by atoms with Crippen molar-refractivity contribution in [3.8, 4) is 5.75 Å². The van der Waals surface area contributed by atoms with Gasteiger partial charge in [-0.1, -0.05) is 66.7 Å². The maximum absolute atomic E-state index is 13.7. The molecule has 0 spiro atoms. The average molecular weight is 420 g/mol. The molecule has 4 rings (SSSR count). The van der Waals surface area contributed by atoms with E-state index in [0.29, 0.717) is 17.0 Å². The van der Waals surface area contributed by atoms with Crippen LogP contribution in [0.4, 0.5) is 5.69 Å². The van der Waals surface area contributed by atoms with Gasteiger partial charge in [-0.15, -0.1) is 0 Å². The van der Waals surface area contributed by atoms with Crippen molar-refractivity contribution in [3.05, 3.63) is 108 Å². The van der Waals surface area contributed by atoms with Crippen molar-refractivity contribution in [3.63, 3.8) is 0 Å². The third-order valence-corrected chi connectivity index (χ3v) is 7.21. The smallest absolute Gasteiger partial charge is 0.250 e. The first-order chi connectivity index (χ1) is 14.5. The van der Waals surface area contributed by atoms with Gasteiger partial charge in [-0.2, -0.15) is 0 Å². The number of anilines is 1. The number of rotatable bonds is 5. The summed E-state index contributed by atoms with van der Waals surface area (Å²) in [6.07, 6.45) is 3.32. The summed E-state index contributed by atoms with van der Waals surface area (Å²) in [5.74, 6) is -0.387. The minimum atomic E-state index is -4.03. The van der Waals surface area contributed by atoms with Gasteiger partial charge >= 0.3 is 0 Å². The van der Waals surface area contributed by atoms with E-state index in [1.807, 2.05) is 30.3 Å². The molecule has 152 valence electrons. The first-order valence-corrected chi connectivity index (χ1v) is 11.0. The number of sulfonamides is 1. The van der Waals surface area contributed by atoms with Gasteiger partial charge in [0.1, 0.15) is 5.75 Å². The molecule has 1 heterocycles. The van der Waals surface area contributed by atoms with E-state index in [2.05, 4.69) is 0 Å². The standard InChI is InChI=1S/C24H21NO4S/c1-29-21-14-12-20(13-15-21)25-17-16-22(18-8-4-2-5-9-18)24(30(25,27)28)23(26)19-10-6-3-7-11-19/h2-17,22,24H,1H3/t22-,24+/m1/s1. The van der Waals surface area contributed by atoms with Crippen molar-refractivity contribution in [2.24, 2.45) is 0 Å². The molecule has 0 N–H and O–H groups in total. The summed E-state index contributed by atoms with van der Waals surface area (Å²) in [6.45, 7) is 0. The minimum Gasteiger partial charge on any atom is -0.497 e. The Hall–Kier alpha value is -3.38. The van der Waals surface area contributed by atoms with E-state index in [9.17, 15) is 13.2 Å². The molecular formula is C24H21NO4S. The van der Waals surface area contributed by atoms with Crippen LogP contribution in [0.5, 0.6) is 5.75 Å². The van der Waals surface area contributed by atoms with Crippen LogP contribution in [0.2, 0.25) is 0 Å². The normalized spacial score (nSPS) is 20.0.